The fraction of sp³-hybridized carbons (Fsp3) is 0.235. The molecule has 0 saturated carbocycles. The number of halogens is 1. The Labute approximate surface area is 132 Å². The lowest BCUT2D eigenvalue weighted by Gasteiger charge is -2.09. The van der Waals surface area contributed by atoms with Crippen LogP contribution in [0.1, 0.15) is 16.8 Å². The first-order valence-corrected chi connectivity index (χ1v) is 7.83. The van der Waals surface area contributed by atoms with Crippen LogP contribution in [0.5, 0.6) is 0 Å². The Morgan fingerprint density at radius 1 is 1.19 bits per heavy atom. The molecule has 1 aromatic carbocycles. The van der Waals surface area contributed by atoms with Crippen molar-refractivity contribution in [1.82, 2.24) is 9.38 Å². The van der Waals surface area contributed by atoms with Crippen LogP contribution in [0.2, 0.25) is 0 Å². The van der Waals surface area contributed by atoms with Gasteiger partial charge in [-0.1, -0.05) is 23.8 Å². The number of aryl methyl sites for hydroxylation is 2. The summed E-state index contributed by atoms with van der Waals surface area (Å²) < 4.78 is 3.19. The second-order valence-electron chi connectivity index (χ2n) is 5.34. The Balaban J connectivity index is 2.32. The van der Waals surface area contributed by atoms with E-state index in [1.165, 1.54) is 16.7 Å². The number of hydrogen-bond donors (Lipinski definition) is 1. The van der Waals surface area contributed by atoms with Gasteiger partial charge in [0, 0.05) is 22.7 Å². The number of pyridine rings is 1. The third-order valence-corrected chi connectivity index (χ3v) is 4.14. The van der Waals surface area contributed by atoms with Crippen molar-refractivity contribution in [2.45, 2.75) is 20.3 Å². The molecule has 2 N–H and O–H groups in total. The summed E-state index contributed by atoms with van der Waals surface area (Å²) in [7, 11) is 0. The van der Waals surface area contributed by atoms with Crippen LogP contribution >= 0.6 is 15.9 Å². The van der Waals surface area contributed by atoms with Gasteiger partial charge in [-0.15, -0.1) is 0 Å². The summed E-state index contributed by atoms with van der Waals surface area (Å²) in [4.78, 5) is 4.75. The maximum atomic E-state index is 5.76. The Bertz CT molecular complexity index is 805. The van der Waals surface area contributed by atoms with Gasteiger partial charge in [0.1, 0.15) is 5.65 Å². The number of nitrogens with two attached hydrogens (primary N) is 1. The SMILES string of the molecule is Cc1ccc(-c2c(CCN)nc3ccc(Br)cn23)c(C)c1. The maximum absolute atomic E-state index is 5.76. The molecule has 2 aromatic heterocycles. The van der Waals surface area contributed by atoms with Crippen LogP contribution in [0.25, 0.3) is 16.9 Å². The van der Waals surface area contributed by atoms with Gasteiger partial charge < -0.3 is 5.73 Å². The van der Waals surface area contributed by atoms with E-state index in [0.717, 1.165) is 27.9 Å². The highest BCUT2D eigenvalue weighted by Crippen LogP contribution is 2.30. The molecule has 0 aliphatic carbocycles. The minimum absolute atomic E-state index is 0.600. The summed E-state index contributed by atoms with van der Waals surface area (Å²) in [5.74, 6) is 0. The van der Waals surface area contributed by atoms with E-state index in [-0.39, 0.29) is 0 Å². The van der Waals surface area contributed by atoms with Gasteiger partial charge in [-0.3, -0.25) is 4.40 Å². The lowest BCUT2D eigenvalue weighted by atomic mass is 10.0. The molecule has 0 radical (unpaired) electrons. The molecule has 3 rings (SSSR count). The van der Waals surface area contributed by atoms with Crippen LogP contribution in [-0.4, -0.2) is 15.9 Å². The predicted molar refractivity (Wildman–Crippen MR) is 90.6 cm³/mol. The van der Waals surface area contributed by atoms with Gasteiger partial charge in [0.05, 0.1) is 11.4 Å². The molecule has 21 heavy (non-hydrogen) atoms. The average Bonchev–Trinajstić information content (AvgIpc) is 2.77. The molecule has 0 unspecified atom stereocenters. The van der Waals surface area contributed by atoms with Crippen molar-refractivity contribution in [3.8, 4) is 11.3 Å². The van der Waals surface area contributed by atoms with Gasteiger partial charge in [-0.2, -0.15) is 0 Å². The Kier molecular flexibility index (Phi) is 3.83. The normalized spacial score (nSPS) is 11.2. The molecule has 3 nitrogen and oxygen atoms in total. The van der Waals surface area contributed by atoms with Crippen molar-refractivity contribution < 1.29 is 0 Å². The third-order valence-electron chi connectivity index (χ3n) is 3.67. The molecule has 0 bridgehead atoms. The summed E-state index contributed by atoms with van der Waals surface area (Å²) in [6.45, 7) is 4.86. The number of hydrogen-bond acceptors (Lipinski definition) is 2. The van der Waals surface area contributed by atoms with Gasteiger partial charge >= 0.3 is 0 Å². The number of nitrogens with zero attached hydrogens (tertiary/aromatic N) is 2. The fourth-order valence-electron chi connectivity index (χ4n) is 2.74. The van der Waals surface area contributed by atoms with Crippen molar-refractivity contribution in [2.75, 3.05) is 6.54 Å². The molecular formula is C17H18BrN3. The lowest BCUT2D eigenvalue weighted by molar-refractivity contribution is 0.939. The molecule has 2 heterocycles. The first-order valence-electron chi connectivity index (χ1n) is 7.04. The van der Waals surface area contributed by atoms with Gasteiger partial charge in [0.2, 0.25) is 0 Å². The average molecular weight is 344 g/mol. The zero-order valence-corrected chi connectivity index (χ0v) is 13.8. The fourth-order valence-corrected chi connectivity index (χ4v) is 3.08. The van der Waals surface area contributed by atoms with Crippen molar-refractivity contribution in [3.63, 3.8) is 0 Å². The number of rotatable bonds is 3. The lowest BCUT2D eigenvalue weighted by Crippen LogP contribution is -2.04. The predicted octanol–water partition coefficient (Wildman–Crippen LogP) is 3.88. The van der Waals surface area contributed by atoms with Crippen LogP contribution in [0.3, 0.4) is 0 Å². The van der Waals surface area contributed by atoms with E-state index in [2.05, 4.69) is 58.6 Å². The van der Waals surface area contributed by atoms with Gasteiger partial charge in [-0.05, 0) is 54.0 Å². The van der Waals surface area contributed by atoms with Crippen molar-refractivity contribution >= 4 is 21.6 Å². The van der Waals surface area contributed by atoms with Crippen molar-refractivity contribution in [1.29, 1.82) is 0 Å². The Morgan fingerprint density at radius 2 is 2.00 bits per heavy atom. The number of fused-ring (bicyclic) bond motifs is 1. The minimum Gasteiger partial charge on any atom is -0.330 e. The zero-order valence-electron chi connectivity index (χ0n) is 12.2. The molecule has 0 amide bonds. The van der Waals surface area contributed by atoms with Crippen LogP contribution in [0, 0.1) is 13.8 Å². The molecule has 0 saturated heterocycles. The van der Waals surface area contributed by atoms with Crippen molar-refractivity contribution in [2.24, 2.45) is 5.73 Å². The molecule has 4 heteroatoms. The minimum atomic E-state index is 0.600. The smallest absolute Gasteiger partial charge is 0.137 e. The largest absolute Gasteiger partial charge is 0.330 e. The quantitative estimate of drug-likeness (QED) is 0.784. The molecular weight excluding hydrogens is 326 g/mol. The van der Waals surface area contributed by atoms with Crippen LogP contribution in [0.15, 0.2) is 41.0 Å². The van der Waals surface area contributed by atoms with E-state index < -0.39 is 0 Å². The highest BCUT2D eigenvalue weighted by molar-refractivity contribution is 9.10. The van der Waals surface area contributed by atoms with Gasteiger partial charge in [0.15, 0.2) is 0 Å². The first kappa shape index (κ1) is 14.3. The monoisotopic (exact) mass is 343 g/mol. The molecule has 0 aliphatic rings. The van der Waals surface area contributed by atoms with E-state index in [4.69, 9.17) is 10.7 Å². The van der Waals surface area contributed by atoms with E-state index in [1.54, 1.807) is 0 Å². The van der Waals surface area contributed by atoms with Gasteiger partial charge in [0.25, 0.3) is 0 Å². The molecule has 3 aromatic rings. The van der Waals surface area contributed by atoms with Crippen LogP contribution in [-0.2, 0) is 6.42 Å². The third kappa shape index (κ3) is 2.61. The van der Waals surface area contributed by atoms with E-state index in [1.807, 2.05) is 12.1 Å². The second-order valence-corrected chi connectivity index (χ2v) is 6.26. The topological polar surface area (TPSA) is 43.3 Å². The molecule has 0 atom stereocenters. The zero-order chi connectivity index (χ0) is 15.0. The molecule has 108 valence electrons. The summed E-state index contributed by atoms with van der Waals surface area (Å²) in [6.07, 6.45) is 2.85. The molecule has 0 spiro atoms. The summed E-state index contributed by atoms with van der Waals surface area (Å²) in [5.41, 5.74) is 12.7. The summed E-state index contributed by atoms with van der Waals surface area (Å²) >= 11 is 3.54. The standard InChI is InChI=1S/C17H18BrN3/c1-11-3-5-14(12(2)9-11)17-15(7-8-19)20-16-6-4-13(18)10-21(16)17/h3-6,9-10H,7-8,19H2,1-2H3. The van der Waals surface area contributed by atoms with E-state index in [9.17, 15) is 0 Å². The van der Waals surface area contributed by atoms with Crippen molar-refractivity contribution in [3.05, 3.63) is 57.8 Å². The Morgan fingerprint density at radius 3 is 2.71 bits per heavy atom. The van der Waals surface area contributed by atoms with Gasteiger partial charge in [-0.25, -0.2) is 4.98 Å². The summed E-state index contributed by atoms with van der Waals surface area (Å²) in [5, 5.41) is 0. The Hall–Kier alpha value is -1.65. The number of imidazole rings is 1. The van der Waals surface area contributed by atoms with E-state index >= 15 is 0 Å². The number of benzene rings is 1. The highest BCUT2D eigenvalue weighted by atomic mass is 79.9. The van der Waals surface area contributed by atoms with Crippen LogP contribution < -0.4 is 5.73 Å². The molecule has 0 fully saturated rings. The maximum Gasteiger partial charge on any atom is 0.137 e. The second kappa shape index (κ2) is 5.62. The molecule has 0 aliphatic heterocycles. The van der Waals surface area contributed by atoms with E-state index in [0.29, 0.717) is 6.54 Å². The van der Waals surface area contributed by atoms with Crippen LogP contribution in [0.4, 0.5) is 0 Å². The number of aromatic nitrogens is 2. The highest BCUT2D eigenvalue weighted by Gasteiger charge is 2.15. The summed E-state index contributed by atoms with van der Waals surface area (Å²) in [6, 6.07) is 10.6. The first-order chi connectivity index (χ1) is 10.1.